The second-order valence-corrected chi connectivity index (χ2v) is 7.97. The molecule has 2 amide bonds. The predicted molar refractivity (Wildman–Crippen MR) is 129 cm³/mol. The van der Waals surface area contributed by atoms with Crippen molar-refractivity contribution in [1.82, 2.24) is 4.90 Å². The number of carboxylic acid groups (broad SMARTS) is 1. The third-order valence-corrected chi connectivity index (χ3v) is 5.34. The molecule has 0 bridgehead atoms. The molecule has 0 saturated heterocycles. The predicted octanol–water partition coefficient (Wildman–Crippen LogP) is 3.89. The van der Waals surface area contributed by atoms with Gasteiger partial charge in [0.2, 0.25) is 6.41 Å². The number of carbonyl (C=O) groups excluding carboxylic acids is 2. The summed E-state index contributed by atoms with van der Waals surface area (Å²) in [4.78, 5) is 41.3. The molecule has 33 heavy (non-hydrogen) atoms. The summed E-state index contributed by atoms with van der Waals surface area (Å²) in [5.74, 6) is -1.23. The van der Waals surface area contributed by atoms with Crippen molar-refractivity contribution < 1.29 is 19.5 Å². The van der Waals surface area contributed by atoms with Crippen molar-refractivity contribution >= 4 is 29.7 Å². The number of anilines is 2. The number of carbonyl (C=O) groups is 3. The third kappa shape index (κ3) is 5.77. The van der Waals surface area contributed by atoms with E-state index in [1.807, 2.05) is 43.3 Å². The van der Waals surface area contributed by atoms with Gasteiger partial charge in [-0.15, -0.1) is 0 Å². The number of hydrogen-bond acceptors (Lipinski definition) is 4. The van der Waals surface area contributed by atoms with Crippen LogP contribution in [0.25, 0.3) is 0 Å². The van der Waals surface area contributed by atoms with Gasteiger partial charge in [0, 0.05) is 33.4 Å². The molecular weight excluding hydrogens is 418 g/mol. The van der Waals surface area contributed by atoms with E-state index < -0.39 is 5.97 Å². The molecule has 0 unspecified atom stereocenters. The zero-order chi connectivity index (χ0) is 24.0. The molecule has 3 aromatic rings. The van der Waals surface area contributed by atoms with Crippen LogP contribution in [0.4, 0.5) is 11.4 Å². The first-order valence-electron chi connectivity index (χ1n) is 10.4. The van der Waals surface area contributed by atoms with Crippen LogP contribution in [0.15, 0.2) is 72.8 Å². The molecule has 0 heterocycles. The van der Waals surface area contributed by atoms with E-state index in [0.717, 1.165) is 23.2 Å². The lowest BCUT2D eigenvalue weighted by Gasteiger charge is -2.24. The van der Waals surface area contributed by atoms with Crippen LogP contribution in [0.3, 0.4) is 0 Å². The molecule has 0 fully saturated rings. The summed E-state index contributed by atoms with van der Waals surface area (Å²) in [6, 6.07) is 21.3. The molecule has 7 heteroatoms. The Bertz CT molecular complexity index is 1130. The van der Waals surface area contributed by atoms with Crippen molar-refractivity contribution in [2.45, 2.75) is 13.1 Å². The number of para-hydroxylation sites is 1. The molecule has 0 aromatic heterocycles. The number of hydrogen-bond donors (Lipinski definition) is 1. The summed E-state index contributed by atoms with van der Waals surface area (Å²) in [7, 11) is 5.60. The molecule has 0 saturated carbocycles. The Labute approximate surface area is 193 Å². The van der Waals surface area contributed by atoms with Crippen molar-refractivity contribution in [2.75, 3.05) is 30.9 Å². The fourth-order valence-electron chi connectivity index (χ4n) is 3.48. The van der Waals surface area contributed by atoms with Crippen molar-refractivity contribution in [2.24, 2.45) is 0 Å². The SMILES string of the molecule is CN(Cc1ccc(C(=O)O)cc1)C(=O)c1ccccc1N(C=O)Cc1ccc(N(C)C)cc1. The van der Waals surface area contributed by atoms with Crippen molar-refractivity contribution in [3.05, 3.63) is 95.1 Å². The van der Waals surface area contributed by atoms with Gasteiger partial charge in [-0.2, -0.15) is 0 Å². The molecule has 7 nitrogen and oxygen atoms in total. The summed E-state index contributed by atoms with van der Waals surface area (Å²) in [5.41, 5.74) is 3.95. The van der Waals surface area contributed by atoms with Gasteiger partial charge < -0.3 is 19.8 Å². The highest BCUT2D eigenvalue weighted by molar-refractivity contribution is 6.01. The molecule has 170 valence electrons. The lowest BCUT2D eigenvalue weighted by atomic mass is 10.1. The zero-order valence-corrected chi connectivity index (χ0v) is 18.9. The van der Waals surface area contributed by atoms with Crippen LogP contribution >= 0.6 is 0 Å². The zero-order valence-electron chi connectivity index (χ0n) is 18.9. The summed E-state index contributed by atoms with van der Waals surface area (Å²) in [6.45, 7) is 0.641. The minimum absolute atomic E-state index is 0.193. The molecule has 0 atom stereocenters. The highest BCUT2D eigenvalue weighted by Gasteiger charge is 2.20. The van der Waals surface area contributed by atoms with Gasteiger partial charge in [0.05, 0.1) is 23.4 Å². The van der Waals surface area contributed by atoms with Crippen LogP contribution < -0.4 is 9.80 Å². The lowest BCUT2D eigenvalue weighted by Crippen LogP contribution is -2.29. The van der Waals surface area contributed by atoms with Gasteiger partial charge in [-0.05, 0) is 47.5 Å². The monoisotopic (exact) mass is 445 g/mol. The van der Waals surface area contributed by atoms with Gasteiger partial charge >= 0.3 is 5.97 Å². The highest BCUT2D eigenvalue weighted by Crippen LogP contribution is 2.24. The van der Waals surface area contributed by atoms with Crippen LogP contribution in [-0.4, -0.2) is 49.4 Å². The van der Waals surface area contributed by atoms with Crippen LogP contribution in [-0.2, 0) is 17.9 Å². The first kappa shape index (κ1) is 23.5. The molecule has 0 spiro atoms. The molecular formula is C26H27N3O4. The van der Waals surface area contributed by atoms with E-state index in [1.54, 1.807) is 48.3 Å². The molecule has 0 aliphatic heterocycles. The number of benzene rings is 3. The first-order chi connectivity index (χ1) is 15.8. The maximum Gasteiger partial charge on any atom is 0.335 e. The van der Waals surface area contributed by atoms with Gasteiger partial charge in [0.15, 0.2) is 0 Å². The van der Waals surface area contributed by atoms with Crippen LogP contribution in [0, 0.1) is 0 Å². The lowest BCUT2D eigenvalue weighted by molar-refractivity contribution is -0.107. The molecule has 1 N–H and O–H groups in total. The van der Waals surface area contributed by atoms with E-state index in [4.69, 9.17) is 5.11 Å². The van der Waals surface area contributed by atoms with E-state index in [0.29, 0.717) is 24.3 Å². The average molecular weight is 446 g/mol. The summed E-state index contributed by atoms with van der Waals surface area (Å²) < 4.78 is 0. The Kier molecular flexibility index (Phi) is 7.46. The minimum Gasteiger partial charge on any atom is -0.478 e. The van der Waals surface area contributed by atoms with E-state index >= 15 is 0 Å². The van der Waals surface area contributed by atoms with Crippen molar-refractivity contribution in [3.63, 3.8) is 0 Å². The fourth-order valence-corrected chi connectivity index (χ4v) is 3.48. The number of nitrogens with zero attached hydrogens (tertiary/aromatic N) is 3. The number of carboxylic acids is 1. The Hall–Kier alpha value is -4.13. The fraction of sp³-hybridized carbons (Fsp3) is 0.192. The largest absolute Gasteiger partial charge is 0.478 e. The number of aromatic carboxylic acids is 1. The van der Waals surface area contributed by atoms with E-state index in [-0.39, 0.29) is 11.5 Å². The maximum absolute atomic E-state index is 13.2. The topological polar surface area (TPSA) is 81.2 Å². The van der Waals surface area contributed by atoms with Crippen molar-refractivity contribution in [3.8, 4) is 0 Å². The number of rotatable bonds is 9. The average Bonchev–Trinajstić information content (AvgIpc) is 2.82. The maximum atomic E-state index is 13.2. The van der Waals surface area contributed by atoms with Gasteiger partial charge in [-0.3, -0.25) is 9.59 Å². The van der Waals surface area contributed by atoms with Gasteiger partial charge in [-0.1, -0.05) is 36.4 Å². The van der Waals surface area contributed by atoms with E-state index in [2.05, 4.69) is 0 Å². The van der Waals surface area contributed by atoms with Crippen molar-refractivity contribution in [1.29, 1.82) is 0 Å². The normalized spacial score (nSPS) is 10.4. The van der Waals surface area contributed by atoms with Crippen LogP contribution in [0.5, 0.6) is 0 Å². The molecule has 0 aliphatic rings. The Morgan fingerprint density at radius 2 is 1.39 bits per heavy atom. The molecule has 3 aromatic carbocycles. The third-order valence-electron chi connectivity index (χ3n) is 5.34. The molecule has 0 radical (unpaired) electrons. The Morgan fingerprint density at radius 1 is 0.818 bits per heavy atom. The smallest absolute Gasteiger partial charge is 0.335 e. The quantitative estimate of drug-likeness (QED) is 0.506. The summed E-state index contributed by atoms with van der Waals surface area (Å²) in [5, 5.41) is 9.04. The first-order valence-corrected chi connectivity index (χ1v) is 10.4. The standard InChI is InChI=1S/C26H27N3O4/c1-27(2)22-14-10-20(11-15-22)17-29(18-30)24-7-5-4-6-23(24)25(31)28(3)16-19-8-12-21(13-9-19)26(32)33/h4-15,18H,16-17H2,1-3H3,(H,32,33). The summed E-state index contributed by atoms with van der Waals surface area (Å²) in [6.07, 6.45) is 0.733. The summed E-state index contributed by atoms with van der Waals surface area (Å²) >= 11 is 0. The molecule has 0 aliphatic carbocycles. The number of amides is 2. The van der Waals surface area contributed by atoms with E-state index in [9.17, 15) is 14.4 Å². The van der Waals surface area contributed by atoms with Gasteiger partial charge in [0.25, 0.3) is 5.91 Å². The van der Waals surface area contributed by atoms with Gasteiger partial charge in [-0.25, -0.2) is 4.79 Å². The Balaban J connectivity index is 1.79. The molecule has 3 rings (SSSR count). The Morgan fingerprint density at radius 3 is 1.97 bits per heavy atom. The second-order valence-electron chi connectivity index (χ2n) is 7.97. The highest BCUT2D eigenvalue weighted by atomic mass is 16.4. The van der Waals surface area contributed by atoms with Gasteiger partial charge in [0.1, 0.15) is 0 Å². The van der Waals surface area contributed by atoms with E-state index in [1.165, 1.54) is 17.0 Å². The van der Waals surface area contributed by atoms with Crippen LogP contribution in [0.1, 0.15) is 31.8 Å². The minimum atomic E-state index is -0.995. The second kappa shape index (κ2) is 10.5. The van der Waals surface area contributed by atoms with Crippen LogP contribution in [0.2, 0.25) is 0 Å².